The lowest BCUT2D eigenvalue weighted by molar-refractivity contribution is -0.121. The van der Waals surface area contributed by atoms with Gasteiger partial charge < -0.3 is 10.5 Å². The van der Waals surface area contributed by atoms with Crippen LogP contribution in [0.2, 0.25) is 0 Å². The Hall–Kier alpha value is -1.51. The van der Waals surface area contributed by atoms with Gasteiger partial charge in [-0.1, -0.05) is 19.1 Å². The molecule has 0 fully saturated rings. The molecule has 0 aliphatic heterocycles. The number of ether oxygens (including phenoxy) is 1. The number of carbonyl (C=O) groups excluding carboxylic acids is 1. The van der Waals surface area contributed by atoms with Crippen molar-refractivity contribution in [3.63, 3.8) is 0 Å². The number of amides is 1. The van der Waals surface area contributed by atoms with E-state index in [1.807, 2.05) is 31.2 Å². The van der Waals surface area contributed by atoms with Crippen LogP contribution in [0.15, 0.2) is 24.3 Å². The number of aryl methyl sites for hydroxylation is 1. The molecule has 1 aromatic carbocycles. The number of primary amides is 1. The Balaban J connectivity index is 2.47. The lowest BCUT2D eigenvalue weighted by atomic mass is 10.0. The van der Waals surface area contributed by atoms with Crippen molar-refractivity contribution in [2.24, 2.45) is 11.7 Å². The maximum absolute atomic E-state index is 10.8. The van der Waals surface area contributed by atoms with Gasteiger partial charge in [-0.15, -0.1) is 0 Å². The Morgan fingerprint density at radius 3 is 2.47 bits per heavy atom. The first-order valence-electron chi connectivity index (χ1n) is 5.05. The quantitative estimate of drug-likeness (QED) is 0.799. The highest BCUT2D eigenvalue weighted by atomic mass is 16.5. The molecule has 0 radical (unpaired) electrons. The lowest BCUT2D eigenvalue weighted by Crippen LogP contribution is -2.20. The highest BCUT2D eigenvalue weighted by Crippen LogP contribution is 2.14. The van der Waals surface area contributed by atoms with Crippen molar-refractivity contribution in [3.8, 4) is 5.75 Å². The molecule has 0 aromatic heterocycles. The van der Waals surface area contributed by atoms with Gasteiger partial charge in [0.15, 0.2) is 0 Å². The fourth-order valence-corrected chi connectivity index (χ4v) is 1.32. The maximum atomic E-state index is 10.8. The zero-order chi connectivity index (χ0) is 11.3. The van der Waals surface area contributed by atoms with Crippen LogP contribution < -0.4 is 10.5 Å². The van der Waals surface area contributed by atoms with Crippen LogP contribution in [0.3, 0.4) is 0 Å². The van der Waals surface area contributed by atoms with Crippen molar-refractivity contribution < 1.29 is 9.53 Å². The number of hydrogen-bond acceptors (Lipinski definition) is 2. The number of carbonyl (C=O) groups is 1. The van der Waals surface area contributed by atoms with E-state index in [2.05, 4.69) is 0 Å². The smallest absolute Gasteiger partial charge is 0.220 e. The number of rotatable bonds is 5. The fraction of sp³-hybridized carbons (Fsp3) is 0.417. The summed E-state index contributed by atoms with van der Waals surface area (Å²) in [5.41, 5.74) is 6.38. The van der Waals surface area contributed by atoms with Crippen molar-refractivity contribution in [1.82, 2.24) is 0 Å². The van der Waals surface area contributed by atoms with Crippen molar-refractivity contribution in [2.75, 3.05) is 7.11 Å². The highest BCUT2D eigenvalue weighted by molar-refractivity contribution is 5.76. The van der Waals surface area contributed by atoms with Crippen molar-refractivity contribution in [2.45, 2.75) is 19.8 Å². The van der Waals surface area contributed by atoms with Crippen LogP contribution in [0, 0.1) is 5.92 Å². The molecule has 82 valence electrons. The monoisotopic (exact) mass is 207 g/mol. The standard InChI is InChI=1S/C12H17NO2/c1-9(12(13)14)3-4-10-5-7-11(15-2)8-6-10/h5-9H,3-4H2,1-2H3,(H2,13,14). The second-order valence-corrected chi connectivity index (χ2v) is 3.69. The van der Waals surface area contributed by atoms with E-state index in [-0.39, 0.29) is 11.8 Å². The third kappa shape index (κ3) is 3.62. The van der Waals surface area contributed by atoms with Crippen LogP contribution >= 0.6 is 0 Å². The summed E-state index contributed by atoms with van der Waals surface area (Å²) in [6.45, 7) is 1.85. The van der Waals surface area contributed by atoms with E-state index in [0.717, 1.165) is 18.6 Å². The first kappa shape index (κ1) is 11.6. The topological polar surface area (TPSA) is 52.3 Å². The van der Waals surface area contributed by atoms with Crippen LogP contribution in [0.4, 0.5) is 0 Å². The molecule has 1 aromatic rings. The summed E-state index contributed by atoms with van der Waals surface area (Å²) < 4.78 is 5.06. The largest absolute Gasteiger partial charge is 0.497 e. The average Bonchev–Trinajstić information content (AvgIpc) is 2.26. The highest BCUT2D eigenvalue weighted by Gasteiger charge is 2.08. The van der Waals surface area contributed by atoms with Gasteiger partial charge in [-0.3, -0.25) is 4.79 Å². The third-order valence-corrected chi connectivity index (χ3v) is 2.51. The second-order valence-electron chi connectivity index (χ2n) is 3.69. The molecule has 0 aliphatic carbocycles. The molecule has 0 aliphatic rings. The first-order valence-corrected chi connectivity index (χ1v) is 5.05. The summed E-state index contributed by atoms with van der Waals surface area (Å²) in [5.74, 6) is 0.553. The minimum atomic E-state index is -0.233. The van der Waals surface area contributed by atoms with Gasteiger partial charge >= 0.3 is 0 Å². The van der Waals surface area contributed by atoms with Crippen molar-refractivity contribution in [3.05, 3.63) is 29.8 Å². The van der Waals surface area contributed by atoms with Gasteiger partial charge in [0, 0.05) is 5.92 Å². The molecule has 1 amide bonds. The minimum Gasteiger partial charge on any atom is -0.497 e. The van der Waals surface area contributed by atoms with Gasteiger partial charge in [0.25, 0.3) is 0 Å². The zero-order valence-electron chi connectivity index (χ0n) is 9.19. The Morgan fingerprint density at radius 1 is 1.40 bits per heavy atom. The van der Waals surface area contributed by atoms with Crippen LogP contribution in [-0.4, -0.2) is 13.0 Å². The Labute approximate surface area is 90.2 Å². The van der Waals surface area contributed by atoms with Crippen molar-refractivity contribution in [1.29, 1.82) is 0 Å². The number of hydrogen-bond donors (Lipinski definition) is 1. The Bertz CT molecular complexity index is 319. The van der Waals surface area contributed by atoms with Gasteiger partial charge in [-0.05, 0) is 30.5 Å². The van der Waals surface area contributed by atoms with E-state index < -0.39 is 0 Å². The molecular formula is C12H17NO2. The molecule has 1 rings (SSSR count). The maximum Gasteiger partial charge on any atom is 0.220 e. The Morgan fingerprint density at radius 2 is 2.00 bits per heavy atom. The summed E-state index contributed by atoms with van der Waals surface area (Å²) in [7, 11) is 1.64. The predicted molar refractivity (Wildman–Crippen MR) is 59.7 cm³/mol. The fourth-order valence-electron chi connectivity index (χ4n) is 1.32. The molecule has 0 saturated heterocycles. The van der Waals surface area contributed by atoms with E-state index >= 15 is 0 Å². The van der Waals surface area contributed by atoms with Crippen LogP contribution in [-0.2, 0) is 11.2 Å². The molecular weight excluding hydrogens is 190 g/mol. The molecule has 2 N–H and O–H groups in total. The van der Waals surface area contributed by atoms with Gasteiger partial charge in [0.2, 0.25) is 5.91 Å². The van der Waals surface area contributed by atoms with E-state index in [1.54, 1.807) is 7.11 Å². The van der Waals surface area contributed by atoms with Gasteiger partial charge in [0.1, 0.15) is 5.75 Å². The van der Waals surface area contributed by atoms with Gasteiger partial charge in [-0.2, -0.15) is 0 Å². The van der Waals surface area contributed by atoms with Crippen LogP contribution in [0.5, 0.6) is 5.75 Å². The molecule has 1 atom stereocenters. The van der Waals surface area contributed by atoms with E-state index in [1.165, 1.54) is 5.56 Å². The first-order chi connectivity index (χ1) is 7.13. The normalized spacial score (nSPS) is 12.1. The molecule has 0 saturated carbocycles. The SMILES string of the molecule is COc1ccc(CCC(C)C(N)=O)cc1. The summed E-state index contributed by atoms with van der Waals surface area (Å²) in [4.78, 5) is 10.8. The van der Waals surface area contributed by atoms with Gasteiger partial charge in [0.05, 0.1) is 7.11 Å². The van der Waals surface area contributed by atoms with Crippen LogP contribution in [0.1, 0.15) is 18.9 Å². The van der Waals surface area contributed by atoms with Crippen LogP contribution in [0.25, 0.3) is 0 Å². The summed E-state index contributed by atoms with van der Waals surface area (Å²) >= 11 is 0. The van der Waals surface area contributed by atoms with E-state index in [0.29, 0.717) is 0 Å². The minimum absolute atomic E-state index is 0.0629. The van der Waals surface area contributed by atoms with Crippen molar-refractivity contribution >= 4 is 5.91 Å². The second kappa shape index (κ2) is 5.39. The van der Waals surface area contributed by atoms with E-state index in [9.17, 15) is 4.79 Å². The van der Waals surface area contributed by atoms with Gasteiger partial charge in [-0.25, -0.2) is 0 Å². The molecule has 15 heavy (non-hydrogen) atoms. The molecule has 0 spiro atoms. The van der Waals surface area contributed by atoms with E-state index in [4.69, 9.17) is 10.5 Å². The molecule has 3 heteroatoms. The zero-order valence-corrected chi connectivity index (χ0v) is 9.19. The molecule has 0 bridgehead atoms. The number of nitrogens with two attached hydrogens (primary N) is 1. The summed E-state index contributed by atoms with van der Waals surface area (Å²) in [6, 6.07) is 7.85. The molecule has 3 nitrogen and oxygen atoms in total. The molecule has 0 heterocycles. The molecule has 1 unspecified atom stereocenters. The Kier molecular flexibility index (Phi) is 4.16. The summed E-state index contributed by atoms with van der Waals surface area (Å²) in [5, 5.41) is 0. The lowest BCUT2D eigenvalue weighted by Gasteiger charge is -2.07. The average molecular weight is 207 g/mol. The summed E-state index contributed by atoms with van der Waals surface area (Å²) in [6.07, 6.45) is 1.66. The third-order valence-electron chi connectivity index (χ3n) is 2.51. The number of methoxy groups -OCH3 is 1. The predicted octanol–water partition coefficient (Wildman–Crippen LogP) is 1.75. The number of benzene rings is 1.